The van der Waals surface area contributed by atoms with Crippen molar-refractivity contribution in [1.82, 2.24) is 0 Å². The molecule has 0 unspecified atom stereocenters. The van der Waals surface area contributed by atoms with E-state index in [-0.39, 0.29) is 24.7 Å². The second kappa shape index (κ2) is 3.44. The van der Waals surface area contributed by atoms with Crippen LogP contribution in [0.1, 0.15) is 13.3 Å². The molecular weight excluding hydrogens is 182 g/mol. The first-order chi connectivity index (χ1) is 5.53. The zero-order chi connectivity index (χ0) is 9.19. The van der Waals surface area contributed by atoms with Crippen LogP contribution in [0, 0.1) is 0 Å². The number of carbonyl (C=O) groups is 1. The molecule has 5 nitrogen and oxygen atoms in total. The Balaban J connectivity index is 2.42. The Bertz CT molecular complexity index is 226. The van der Waals surface area contributed by atoms with E-state index >= 15 is 0 Å². The molecule has 0 amide bonds. The zero-order valence-electron chi connectivity index (χ0n) is 6.56. The van der Waals surface area contributed by atoms with Crippen molar-refractivity contribution >= 4 is 17.9 Å². The van der Waals surface area contributed by atoms with Crippen LogP contribution in [0.3, 0.4) is 0 Å². The van der Waals surface area contributed by atoms with Crippen LogP contribution in [0.15, 0.2) is 11.2 Å². The summed E-state index contributed by atoms with van der Waals surface area (Å²) in [5.41, 5.74) is 0. The van der Waals surface area contributed by atoms with Gasteiger partial charge >= 0.3 is 5.97 Å². The van der Waals surface area contributed by atoms with Gasteiger partial charge in [-0.25, -0.2) is 0 Å². The van der Waals surface area contributed by atoms with E-state index in [2.05, 4.69) is 0 Å². The van der Waals surface area contributed by atoms with Crippen molar-refractivity contribution in [2.24, 2.45) is 0 Å². The lowest BCUT2D eigenvalue weighted by Gasteiger charge is -2.10. The van der Waals surface area contributed by atoms with E-state index < -0.39 is 4.21 Å². The van der Waals surface area contributed by atoms with Crippen LogP contribution in [-0.4, -0.2) is 27.1 Å². The van der Waals surface area contributed by atoms with E-state index in [9.17, 15) is 4.79 Å². The third-order valence-corrected chi connectivity index (χ3v) is 2.08. The van der Waals surface area contributed by atoms with Crippen molar-refractivity contribution < 1.29 is 24.2 Å². The minimum Gasteiger partial charge on any atom is -0.424 e. The summed E-state index contributed by atoms with van der Waals surface area (Å²) >= 11 is 0.769. The molecule has 0 aliphatic carbocycles. The predicted molar refractivity (Wildman–Crippen MR) is 40.8 cm³/mol. The average molecular weight is 192 g/mol. The van der Waals surface area contributed by atoms with Gasteiger partial charge in [-0.2, -0.15) is 10.4 Å². The molecule has 0 saturated heterocycles. The highest BCUT2D eigenvalue weighted by atomic mass is 32.2. The van der Waals surface area contributed by atoms with Crippen LogP contribution in [0.25, 0.3) is 0 Å². The average Bonchev–Trinajstić information content (AvgIpc) is 2.30. The number of rotatable bonds is 2. The molecule has 1 rings (SSSR count). The first kappa shape index (κ1) is 9.53. The zero-order valence-corrected chi connectivity index (χ0v) is 7.37. The summed E-state index contributed by atoms with van der Waals surface area (Å²) in [6, 6.07) is 0. The highest BCUT2D eigenvalue weighted by Crippen LogP contribution is 2.28. The Hall–Kier alpha value is -0.560. The van der Waals surface area contributed by atoms with Gasteiger partial charge in [0.1, 0.15) is 0 Å². The molecule has 0 aromatic rings. The summed E-state index contributed by atoms with van der Waals surface area (Å²) in [6.45, 7) is 1.57. The maximum atomic E-state index is 10.7. The van der Waals surface area contributed by atoms with Gasteiger partial charge in [0.05, 0.1) is 5.41 Å². The van der Waals surface area contributed by atoms with Crippen LogP contribution in [0.2, 0.25) is 0 Å². The summed E-state index contributed by atoms with van der Waals surface area (Å²) in [6.07, 6.45) is 0.277. The number of nitrogens with zero attached hydrogens (tertiary/aromatic N) is 1. The molecule has 6 heteroatoms. The third kappa shape index (κ3) is 2.49. The molecule has 12 heavy (non-hydrogen) atoms. The van der Waals surface area contributed by atoms with E-state index in [1.165, 1.54) is 5.41 Å². The molecule has 0 saturated carbocycles. The fraction of sp³-hybridized carbons (Fsp3) is 0.500. The van der Waals surface area contributed by atoms with Crippen molar-refractivity contribution in [2.45, 2.75) is 13.3 Å². The lowest BCUT2D eigenvalue weighted by atomic mass is 10.5. The highest BCUT2D eigenvalue weighted by molar-refractivity contribution is 7.96. The van der Waals surface area contributed by atoms with Crippen LogP contribution < -0.4 is 0 Å². The number of carbonyl (C=O) groups excluding carboxylic acids is 1. The quantitative estimate of drug-likeness (QED) is 0.388. The van der Waals surface area contributed by atoms with E-state index in [0.29, 0.717) is 0 Å². The van der Waals surface area contributed by atoms with Crippen LogP contribution >= 0.6 is 11.9 Å². The van der Waals surface area contributed by atoms with E-state index in [1.54, 1.807) is 6.92 Å². The summed E-state index contributed by atoms with van der Waals surface area (Å²) in [7, 11) is 0. The van der Waals surface area contributed by atoms with Crippen LogP contribution in [-0.2, 0) is 9.53 Å². The van der Waals surface area contributed by atoms with Gasteiger partial charge < -0.3 is 4.74 Å². The number of hydroxylamine groups is 2. The normalized spacial score (nSPS) is 20.4. The van der Waals surface area contributed by atoms with Gasteiger partial charge in [-0.1, -0.05) is 6.92 Å². The minimum atomic E-state index is -1.20. The number of hydrogen-bond donors (Lipinski definition) is 2. The topological polar surface area (TPSA) is 66.8 Å². The molecule has 0 aromatic carbocycles. The Kier molecular flexibility index (Phi) is 2.73. The molecule has 0 spiro atoms. The monoisotopic (exact) mass is 192 g/mol. The van der Waals surface area contributed by atoms with Gasteiger partial charge in [0.2, 0.25) is 6.54 Å². The van der Waals surface area contributed by atoms with Gasteiger partial charge in [0.15, 0.2) is 17.7 Å². The first-order valence-electron chi connectivity index (χ1n) is 3.45. The standard InChI is InChI=1S/C6H10NO4S/c1-2-6(8)11-5-3-7(9,10)12-4-5/h4,9-10H,2-3H2,1H3/q+1. The molecular formula is C6H10NO4S+. The summed E-state index contributed by atoms with van der Waals surface area (Å²) in [4.78, 5) is 10.7. The maximum Gasteiger partial charge on any atom is 0.310 e. The minimum absolute atomic E-state index is 0.101. The van der Waals surface area contributed by atoms with Crippen LogP contribution in [0.5, 0.6) is 0 Å². The van der Waals surface area contributed by atoms with Gasteiger partial charge in [-0.15, -0.1) is 0 Å². The second-order valence-corrected chi connectivity index (χ2v) is 3.37. The van der Waals surface area contributed by atoms with Gasteiger partial charge in [-0.3, -0.25) is 4.79 Å². The molecule has 0 atom stereocenters. The largest absolute Gasteiger partial charge is 0.424 e. The Labute approximate surface area is 73.9 Å². The SMILES string of the molecule is CCC(=O)OC1=CS[N+](O)(O)C1. The molecule has 1 heterocycles. The van der Waals surface area contributed by atoms with Gasteiger partial charge in [0, 0.05) is 10.6 Å². The Morgan fingerprint density at radius 3 is 2.92 bits per heavy atom. The maximum absolute atomic E-state index is 10.7. The second-order valence-electron chi connectivity index (χ2n) is 2.34. The molecule has 0 bridgehead atoms. The lowest BCUT2D eigenvalue weighted by molar-refractivity contribution is -1.14. The Morgan fingerprint density at radius 1 is 1.83 bits per heavy atom. The molecule has 1 aliphatic heterocycles. The Morgan fingerprint density at radius 2 is 2.50 bits per heavy atom. The van der Waals surface area contributed by atoms with Crippen molar-refractivity contribution in [3.8, 4) is 0 Å². The molecule has 0 fully saturated rings. The van der Waals surface area contributed by atoms with Crippen molar-refractivity contribution in [1.29, 1.82) is 0 Å². The summed E-state index contributed by atoms with van der Waals surface area (Å²) < 4.78 is 3.56. The molecule has 2 N–H and O–H groups in total. The van der Waals surface area contributed by atoms with Crippen molar-refractivity contribution in [3.05, 3.63) is 11.2 Å². The summed E-state index contributed by atoms with van der Waals surface area (Å²) in [5.74, 6) is -0.0828. The highest BCUT2D eigenvalue weighted by Gasteiger charge is 2.35. The van der Waals surface area contributed by atoms with Crippen LogP contribution in [0.4, 0.5) is 0 Å². The summed E-state index contributed by atoms with van der Waals surface area (Å²) in [5, 5.41) is 19.3. The van der Waals surface area contributed by atoms with E-state index in [4.69, 9.17) is 15.2 Å². The lowest BCUT2D eigenvalue weighted by Crippen LogP contribution is -2.31. The molecule has 0 radical (unpaired) electrons. The van der Waals surface area contributed by atoms with E-state index in [1.807, 2.05) is 0 Å². The molecule has 68 valence electrons. The third-order valence-electron chi connectivity index (χ3n) is 1.25. The van der Waals surface area contributed by atoms with Gasteiger partial charge in [0.25, 0.3) is 0 Å². The van der Waals surface area contributed by atoms with Gasteiger partial charge in [-0.05, 0) is 0 Å². The van der Waals surface area contributed by atoms with Crippen molar-refractivity contribution in [3.63, 3.8) is 0 Å². The van der Waals surface area contributed by atoms with E-state index in [0.717, 1.165) is 11.9 Å². The fourth-order valence-corrected chi connectivity index (χ4v) is 1.31. The number of esters is 1. The first-order valence-corrected chi connectivity index (χ1v) is 4.29. The predicted octanol–water partition coefficient (Wildman–Crippen LogP) is 1.04. The molecule has 1 aliphatic rings. The smallest absolute Gasteiger partial charge is 0.310 e. The fourth-order valence-electron chi connectivity index (χ4n) is 0.695. The number of quaternary nitrogens is 1. The number of hydrogen-bond acceptors (Lipinski definition) is 5. The van der Waals surface area contributed by atoms with Crippen molar-refractivity contribution in [2.75, 3.05) is 6.54 Å². The molecule has 0 aromatic heterocycles. The number of ether oxygens (including phenoxy) is 1.